The molecule has 1 aliphatic heterocycles. The molecule has 2 aromatic heterocycles. The molecule has 1 aliphatic rings. The summed E-state index contributed by atoms with van der Waals surface area (Å²) < 4.78 is 34.4. The number of nitrogen functional groups attached to an aromatic ring is 1. The number of nitrogens with zero attached hydrogens (tertiary/aromatic N) is 6. The van der Waals surface area contributed by atoms with Gasteiger partial charge in [-0.05, 0) is 20.4 Å². The van der Waals surface area contributed by atoms with E-state index >= 15 is 0 Å². The van der Waals surface area contributed by atoms with Crippen LogP contribution in [-0.4, -0.2) is 90.1 Å². The molecule has 0 aromatic carbocycles. The first-order valence-corrected chi connectivity index (χ1v) is 12.4. The van der Waals surface area contributed by atoms with Gasteiger partial charge in [0, 0.05) is 18.0 Å². The van der Waals surface area contributed by atoms with Crippen LogP contribution in [0.1, 0.15) is 25.2 Å². The van der Waals surface area contributed by atoms with Crippen LogP contribution in [0.5, 0.6) is 0 Å². The molecule has 3 rings (SSSR count). The molecule has 19 heteroatoms. The van der Waals surface area contributed by atoms with E-state index in [-0.39, 0.29) is 21.7 Å². The molecule has 36 heavy (non-hydrogen) atoms. The lowest BCUT2D eigenvalue weighted by molar-refractivity contribution is -0.161. The van der Waals surface area contributed by atoms with Gasteiger partial charge in [-0.15, -0.1) is 16.4 Å². The zero-order valence-corrected chi connectivity index (χ0v) is 20.6. The van der Waals surface area contributed by atoms with Crippen molar-refractivity contribution in [3.63, 3.8) is 0 Å². The molecule has 0 radical (unpaired) electrons. The Labute approximate surface area is 208 Å². The van der Waals surface area contributed by atoms with Crippen LogP contribution in [0.25, 0.3) is 0 Å². The number of carboxylic acid groups (broad SMARTS) is 1. The first-order valence-electron chi connectivity index (χ1n) is 10.2. The van der Waals surface area contributed by atoms with Gasteiger partial charge in [0.15, 0.2) is 10.8 Å². The summed E-state index contributed by atoms with van der Waals surface area (Å²) in [4.78, 5) is 45.9. The Kier molecular flexibility index (Phi) is 7.57. The molecule has 0 spiro atoms. The van der Waals surface area contributed by atoms with Crippen LogP contribution < -0.4 is 16.8 Å². The Morgan fingerprint density at radius 1 is 1.39 bits per heavy atom. The fraction of sp³-hybridized carbons (Fsp3) is 0.471. The minimum atomic E-state index is -4.96. The molecule has 0 unspecified atom stereocenters. The van der Waals surface area contributed by atoms with Crippen molar-refractivity contribution < 1.29 is 37.3 Å². The summed E-state index contributed by atoms with van der Waals surface area (Å²) in [5, 5.41) is 24.3. The lowest BCUT2D eigenvalue weighted by Crippen LogP contribution is -2.73. The zero-order valence-electron chi connectivity index (χ0n) is 18.9. The van der Waals surface area contributed by atoms with Crippen molar-refractivity contribution in [3.8, 4) is 0 Å². The maximum absolute atomic E-state index is 13.1. The molecule has 3 heterocycles. The van der Waals surface area contributed by atoms with Crippen LogP contribution in [0.2, 0.25) is 0 Å². The number of rotatable bonds is 11. The van der Waals surface area contributed by atoms with Gasteiger partial charge in [-0.25, -0.2) is 14.1 Å². The second-order valence-electron chi connectivity index (χ2n) is 8.02. The molecule has 2 amide bonds. The Bertz CT molecular complexity index is 1300. The number of nitrogens with two attached hydrogens (primary N) is 2. The van der Waals surface area contributed by atoms with E-state index in [0.29, 0.717) is 18.7 Å². The van der Waals surface area contributed by atoms with Gasteiger partial charge in [0.25, 0.3) is 11.8 Å². The van der Waals surface area contributed by atoms with E-state index in [4.69, 9.17) is 16.3 Å². The normalized spacial score (nSPS) is 18.6. The highest BCUT2D eigenvalue weighted by atomic mass is 32.2. The van der Waals surface area contributed by atoms with E-state index < -0.39 is 51.5 Å². The first kappa shape index (κ1) is 26.9. The molecule has 196 valence electrons. The summed E-state index contributed by atoms with van der Waals surface area (Å²) in [6.45, 7) is 2.42. The Morgan fingerprint density at radius 3 is 2.64 bits per heavy atom. The van der Waals surface area contributed by atoms with Crippen molar-refractivity contribution in [1.82, 2.24) is 29.6 Å². The van der Waals surface area contributed by atoms with Gasteiger partial charge in [-0.3, -0.25) is 18.8 Å². The number of thiazole rings is 1. The molecule has 0 bridgehead atoms. The quantitative estimate of drug-likeness (QED) is 0.0854. The monoisotopic (exact) mass is 545 g/mol. The molecule has 1 saturated heterocycles. The molecule has 7 N–H and O–H groups in total. The number of carbonyl (C=O) groups excluding carboxylic acids is 2. The molecule has 17 nitrogen and oxygen atoms in total. The second kappa shape index (κ2) is 10.1. The van der Waals surface area contributed by atoms with Gasteiger partial charge >= 0.3 is 16.3 Å². The standard InChI is InChI=1S/C17H23N9O8S2/c1-17(2,15(29)30)34-23-11(9-7-35-16(19)20-9)13(27)21-12-10(26(14(12)28)36(31,32)33)6-25-5-8(3-4-18)22-24-25/h5,7,10,12H,3-4,6,18H2,1-2H3,(H2,19,20)(H,21,27)(H,29,30)(H,31,32,33)/b23-11-/t10-,12+/m1/s1. The molecule has 2 aromatic rings. The van der Waals surface area contributed by atoms with E-state index in [0.717, 1.165) is 11.3 Å². The molecule has 0 aliphatic carbocycles. The van der Waals surface area contributed by atoms with Crippen molar-refractivity contribution in [2.24, 2.45) is 10.9 Å². The smallest absolute Gasteiger partial charge is 0.362 e. The van der Waals surface area contributed by atoms with Crippen molar-refractivity contribution >= 4 is 50.3 Å². The van der Waals surface area contributed by atoms with Gasteiger partial charge in [-0.2, -0.15) is 8.42 Å². The Balaban J connectivity index is 1.88. The van der Waals surface area contributed by atoms with Crippen molar-refractivity contribution in [3.05, 3.63) is 23.0 Å². The largest absolute Gasteiger partial charge is 0.478 e. The maximum Gasteiger partial charge on any atom is 0.362 e. The predicted octanol–water partition coefficient (Wildman–Crippen LogP) is -2.40. The molecular weight excluding hydrogens is 522 g/mol. The third kappa shape index (κ3) is 5.75. The number of nitrogens with one attached hydrogen (secondary N) is 1. The zero-order chi connectivity index (χ0) is 26.8. The van der Waals surface area contributed by atoms with Crippen LogP contribution in [0, 0.1) is 0 Å². The van der Waals surface area contributed by atoms with E-state index in [1.54, 1.807) is 0 Å². The van der Waals surface area contributed by atoms with Gasteiger partial charge in [0.2, 0.25) is 5.60 Å². The summed E-state index contributed by atoms with van der Waals surface area (Å²) in [7, 11) is -4.96. The van der Waals surface area contributed by atoms with Gasteiger partial charge in [-0.1, -0.05) is 10.4 Å². The topological polar surface area (TPSA) is 258 Å². The number of anilines is 1. The number of aromatic nitrogens is 4. The van der Waals surface area contributed by atoms with Gasteiger partial charge < -0.3 is 26.7 Å². The Morgan fingerprint density at radius 2 is 2.08 bits per heavy atom. The van der Waals surface area contributed by atoms with Crippen LogP contribution in [0.3, 0.4) is 0 Å². The van der Waals surface area contributed by atoms with Crippen molar-refractivity contribution in [2.45, 2.75) is 44.5 Å². The molecule has 2 atom stereocenters. The van der Waals surface area contributed by atoms with Crippen LogP contribution in [0.4, 0.5) is 5.13 Å². The highest BCUT2D eigenvalue weighted by Crippen LogP contribution is 2.25. The summed E-state index contributed by atoms with van der Waals surface area (Å²) in [5.74, 6) is -3.53. The fourth-order valence-corrected chi connectivity index (χ4v) is 4.45. The van der Waals surface area contributed by atoms with E-state index in [9.17, 15) is 32.5 Å². The fourth-order valence-electron chi connectivity index (χ4n) is 3.03. The molecule has 1 fully saturated rings. The van der Waals surface area contributed by atoms with Crippen LogP contribution >= 0.6 is 11.3 Å². The number of carboxylic acids is 1. The van der Waals surface area contributed by atoms with Gasteiger partial charge in [0.1, 0.15) is 11.7 Å². The van der Waals surface area contributed by atoms with Crippen molar-refractivity contribution in [2.75, 3.05) is 12.3 Å². The SMILES string of the molecule is CC(C)(O/N=C(\C(=O)N[C@@H]1C(=O)N(S(=O)(=O)O)[C@@H]1Cn1cc(CCN)nn1)c1csc(N)n1)C(=O)O. The minimum Gasteiger partial charge on any atom is -0.478 e. The average Bonchev–Trinajstić information content (AvgIpc) is 3.39. The molecule has 0 saturated carbocycles. The second-order valence-corrected chi connectivity index (χ2v) is 10.2. The summed E-state index contributed by atoms with van der Waals surface area (Å²) >= 11 is 0.960. The summed E-state index contributed by atoms with van der Waals surface area (Å²) in [6, 6.07) is -2.71. The summed E-state index contributed by atoms with van der Waals surface area (Å²) in [5.41, 5.74) is 9.18. The Hall–Kier alpha value is -3.68. The van der Waals surface area contributed by atoms with E-state index in [1.807, 2.05) is 0 Å². The maximum atomic E-state index is 13.1. The number of β-lactam (4-membered cyclic amide) rings is 1. The molecular formula is C17H23N9O8S2. The predicted molar refractivity (Wildman–Crippen MR) is 123 cm³/mol. The number of aliphatic carboxylic acids is 1. The number of amides is 2. The van der Waals surface area contributed by atoms with Gasteiger partial charge in [0.05, 0.1) is 18.3 Å². The highest BCUT2D eigenvalue weighted by Gasteiger charge is 2.54. The lowest BCUT2D eigenvalue weighted by atomic mass is 9.98. The van der Waals surface area contributed by atoms with Crippen LogP contribution in [-0.2, 0) is 42.5 Å². The average molecular weight is 546 g/mol. The van der Waals surface area contributed by atoms with Crippen molar-refractivity contribution in [1.29, 1.82) is 0 Å². The lowest BCUT2D eigenvalue weighted by Gasteiger charge is -2.43. The number of oxime groups is 1. The minimum absolute atomic E-state index is 0.0672. The number of hydrogen-bond donors (Lipinski definition) is 5. The highest BCUT2D eigenvalue weighted by molar-refractivity contribution is 7.84. The first-order chi connectivity index (χ1) is 16.7. The van der Waals surface area contributed by atoms with E-state index in [1.165, 1.54) is 30.1 Å². The number of carbonyl (C=O) groups is 3. The van der Waals surface area contributed by atoms with E-state index in [2.05, 4.69) is 25.8 Å². The van der Waals surface area contributed by atoms with Crippen LogP contribution in [0.15, 0.2) is 16.7 Å². The third-order valence-electron chi connectivity index (χ3n) is 4.92. The summed E-state index contributed by atoms with van der Waals surface area (Å²) in [6.07, 6.45) is 1.87. The number of hydrogen-bond acceptors (Lipinski definition) is 13. The third-order valence-corrected chi connectivity index (χ3v) is 6.55.